The second-order valence-electron chi connectivity index (χ2n) is 12.9. The number of benzene rings is 2. The number of pyridine rings is 1. The van der Waals surface area contributed by atoms with Crippen LogP contribution in [0.3, 0.4) is 0 Å². The third-order valence-electron chi connectivity index (χ3n) is 7.56. The lowest BCUT2D eigenvalue weighted by Gasteiger charge is -2.31. The fourth-order valence-electron chi connectivity index (χ4n) is 4.98. The molecule has 0 saturated heterocycles. The fraction of sp³-hybridized carbons (Fsp3) is 0.457. The molecule has 0 aliphatic rings. The number of hydrogen-bond donors (Lipinski definition) is 5. The number of para-hydroxylation sites is 1. The molecule has 248 valence electrons. The van der Waals surface area contributed by atoms with Crippen LogP contribution in [-0.2, 0) is 25.5 Å². The number of esters is 1. The molecule has 5 N–H and O–H groups in total. The molecule has 5 atom stereocenters. The van der Waals surface area contributed by atoms with E-state index in [1.807, 2.05) is 63.2 Å². The number of ether oxygens (including phenoxy) is 1. The smallest absolute Gasteiger partial charge is 0.306 e. The summed E-state index contributed by atoms with van der Waals surface area (Å²) >= 11 is 0. The van der Waals surface area contributed by atoms with E-state index >= 15 is 0 Å². The number of amides is 3. The van der Waals surface area contributed by atoms with Crippen molar-refractivity contribution < 1.29 is 34.1 Å². The first kappa shape index (κ1) is 36.1. The van der Waals surface area contributed by atoms with Gasteiger partial charge in [-0.25, -0.2) is 4.98 Å². The Morgan fingerprint density at radius 1 is 0.848 bits per heavy atom. The minimum atomic E-state index is -1.36. The van der Waals surface area contributed by atoms with Gasteiger partial charge in [0.2, 0.25) is 11.8 Å². The van der Waals surface area contributed by atoms with Gasteiger partial charge in [-0.3, -0.25) is 19.2 Å². The number of nitrogens with one attached hydrogen (secondary N) is 3. The van der Waals surface area contributed by atoms with Crippen molar-refractivity contribution in [2.45, 2.75) is 84.8 Å². The summed E-state index contributed by atoms with van der Waals surface area (Å²) in [6.07, 6.45) is -2.80. The lowest BCUT2D eigenvalue weighted by molar-refractivity contribution is -0.152. The van der Waals surface area contributed by atoms with Crippen LogP contribution in [0.4, 0.5) is 0 Å². The molecule has 3 aromatic rings. The molecule has 0 spiro atoms. The number of nitrogens with zero attached hydrogens (tertiary/aromatic N) is 1. The standard InChI is InChI=1S/C35H46N4O7/c1-21(2)46-30(42)19-25(35(4,5)6)32(43)36-20-29(41)28(18-23-12-8-7-9-13-23)38-34(45)31(22(3)40)39-33(44)27-17-16-24-14-10-11-15-26(24)37-27/h7-17,21-22,25,28-29,31,40-41H,18-20H2,1-6H3,(H,36,43)(H,38,45)(H,39,44)/t22-,25+,28?,29?,31+/m1/s1. The lowest BCUT2D eigenvalue weighted by atomic mass is 9.78. The average molecular weight is 635 g/mol. The molecule has 0 bridgehead atoms. The van der Waals surface area contributed by atoms with E-state index in [0.717, 1.165) is 10.9 Å². The van der Waals surface area contributed by atoms with Crippen LogP contribution in [0, 0.1) is 11.3 Å². The van der Waals surface area contributed by atoms with Gasteiger partial charge in [0.1, 0.15) is 11.7 Å². The molecule has 11 heteroatoms. The SMILES string of the molecule is CC(C)OC(=O)C[C@@H](C(=O)NCC(O)C(Cc1ccccc1)NC(=O)[C@@H](NC(=O)c1ccc2ccccc2n1)[C@@H](C)O)C(C)(C)C. The fourth-order valence-corrected chi connectivity index (χ4v) is 4.98. The minimum absolute atomic E-state index is 0.0754. The van der Waals surface area contributed by atoms with E-state index < -0.39 is 59.3 Å². The van der Waals surface area contributed by atoms with Crippen LogP contribution in [0.15, 0.2) is 66.7 Å². The molecule has 2 unspecified atom stereocenters. The van der Waals surface area contributed by atoms with E-state index in [-0.39, 0.29) is 31.2 Å². The summed E-state index contributed by atoms with van der Waals surface area (Å²) < 4.78 is 5.25. The van der Waals surface area contributed by atoms with Gasteiger partial charge >= 0.3 is 5.97 Å². The van der Waals surface area contributed by atoms with Crippen LogP contribution in [0.2, 0.25) is 0 Å². The normalized spacial score (nSPS) is 14.9. The Morgan fingerprint density at radius 2 is 1.50 bits per heavy atom. The van der Waals surface area contributed by atoms with E-state index in [4.69, 9.17) is 4.74 Å². The van der Waals surface area contributed by atoms with E-state index in [0.29, 0.717) is 5.52 Å². The topological polar surface area (TPSA) is 167 Å². The van der Waals surface area contributed by atoms with Gasteiger partial charge < -0.3 is 30.9 Å². The van der Waals surface area contributed by atoms with E-state index in [2.05, 4.69) is 20.9 Å². The molecule has 3 rings (SSSR count). The third kappa shape index (κ3) is 10.6. The number of aromatic nitrogens is 1. The molecule has 0 saturated carbocycles. The summed E-state index contributed by atoms with van der Waals surface area (Å²) in [5.41, 5.74) is 0.907. The van der Waals surface area contributed by atoms with Crippen molar-refractivity contribution >= 4 is 34.6 Å². The first-order valence-corrected chi connectivity index (χ1v) is 15.5. The van der Waals surface area contributed by atoms with E-state index in [1.165, 1.54) is 13.0 Å². The zero-order chi connectivity index (χ0) is 34.0. The number of rotatable bonds is 14. The molecule has 1 heterocycles. The molecular weight excluding hydrogens is 588 g/mol. The van der Waals surface area contributed by atoms with Crippen molar-refractivity contribution in [2.24, 2.45) is 11.3 Å². The molecule has 3 amide bonds. The summed E-state index contributed by atoms with van der Waals surface area (Å²) in [5.74, 6) is -3.03. The predicted octanol–water partition coefficient (Wildman–Crippen LogP) is 2.92. The molecule has 1 aromatic heterocycles. The first-order valence-electron chi connectivity index (χ1n) is 15.5. The maximum absolute atomic E-state index is 13.5. The Bertz CT molecular complexity index is 1490. The van der Waals surface area contributed by atoms with Crippen LogP contribution in [0.5, 0.6) is 0 Å². The largest absolute Gasteiger partial charge is 0.463 e. The lowest BCUT2D eigenvalue weighted by Crippen LogP contribution is -2.58. The van der Waals surface area contributed by atoms with Crippen LogP contribution < -0.4 is 16.0 Å². The second-order valence-corrected chi connectivity index (χ2v) is 12.9. The highest BCUT2D eigenvalue weighted by atomic mass is 16.5. The molecule has 0 fully saturated rings. The van der Waals surface area contributed by atoms with Gasteiger partial charge in [0.15, 0.2) is 0 Å². The van der Waals surface area contributed by atoms with Gasteiger partial charge in [-0.05, 0) is 50.3 Å². The molecular formula is C35H46N4O7. The monoisotopic (exact) mass is 634 g/mol. The molecule has 11 nitrogen and oxygen atoms in total. The second kappa shape index (κ2) is 16.3. The van der Waals surface area contributed by atoms with Crippen LogP contribution in [0.25, 0.3) is 10.9 Å². The van der Waals surface area contributed by atoms with Gasteiger partial charge in [-0.1, -0.05) is 75.4 Å². The molecule has 0 aliphatic heterocycles. The highest BCUT2D eigenvalue weighted by Gasteiger charge is 2.35. The maximum Gasteiger partial charge on any atom is 0.306 e. The van der Waals surface area contributed by atoms with Gasteiger partial charge in [0.25, 0.3) is 5.91 Å². The highest BCUT2D eigenvalue weighted by Crippen LogP contribution is 2.29. The van der Waals surface area contributed by atoms with Gasteiger partial charge in [-0.15, -0.1) is 0 Å². The number of carbonyl (C=O) groups excluding carboxylic acids is 4. The zero-order valence-corrected chi connectivity index (χ0v) is 27.3. The summed E-state index contributed by atoms with van der Waals surface area (Å²) in [6.45, 7) is 10.1. The average Bonchev–Trinajstić information content (AvgIpc) is 2.99. The Balaban J connectivity index is 1.75. The van der Waals surface area contributed by atoms with Gasteiger partial charge in [0.05, 0.1) is 42.2 Å². The maximum atomic E-state index is 13.5. The van der Waals surface area contributed by atoms with Crippen LogP contribution in [-0.4, -0.2) is 75.8 Å². The van der Waals surface area contributed by atoms with Crippen molar-refractivity contribution in [3.63, 3.8) is 0 Å². The van der Waals surface area contributed by atoms with Gasteiger partial charge in [0, 0.05) is 11.9 Å². The van der Waals surface area contributed by atoms with Crippen molar-refractivity contribution in [1.29, 1.82) is 0 Å². The Kier molecular flexibility index (Phi) is 12.8. The molecule has 2 aromatic carbocycles. The minimum Gasteiger partial charge on any atom is -0.463 e. The quantitative estimate of drug-likeness (QED) is 0.169. The number of fused-ring (bicyclic) bond motifs is 1. The van der Waals surface area contributed by atoms with E-state index in [9.17, 15) is 29.4 Å². The van der Waals surface area contributed by atoms with Crippen molar-refractivity contribution in [2.75, 3.05) is 6.54 Å². The Morgan fingerprint density at radius 3 is 2.13 bits per heavy atom. The molecule has 46 heavy (non-hydrogen) atoms. The summed E-state index contributed by atoms with van der Waals surface area (Å²) in [5, 5.41) is 30.6. The predicted molar refractivity (Wildman–Crippen MR) is 175 cm³/mol. The Hall–Kier alpha value is -4.35. The molecule has 0 radical (unpaired) electrons. The van der Waals surface area contributed by atoms with Gasteiger partial charge in [-0.2, -0.15) is 0 Å². The number of carbonyl (C=O) groups is 4. The van der Waals surface area contributed by atoms with Crippen LogP contribution >= 0.6 is 0 Å². The summed E-state index contributed by atoms with van der Waals surface area (Å²) in [6, 6.07) is 17.4. The first-order chi connectivity index (χ1) is 21.6. The number of aliphatic hydroxyl groups excluding tert-OH is 2. The zero-order valence-electron chi connectivity index (χ0n) is 27.3. The van der Waals surface area contributed by atoms with Crippen LogP contribution in [0.1, 0.15) is 64.0 Å². The number of hydrogen-bond acceptors (Lipinski definition) is 8. The van der Waals surface area contributed by atoms with Crippen molar-refractivity contribution in [3.05, 3.63) is 78.0 Å². The molecule has 0 aliphatic carbocycles. The van der Waals surface area contributed by atoms with Crippen molar-refractivity contribution in [1.82, 2.24) is 20.9 Å². The third-order valence-corrected chi connectivity index (χ3v) is 7.56. The number of aliphatic hydroxyl groups is 2. The summed E-state index contributed by atoms with van der Waals surface area (Å²) in [4.78, 5) is 56.6. The summed E-state index contributed by atoms with van der Waals surface area (Å²) in [7, 11) is 0. The Labute approximate surface area is 270 Å². The van der Waals surface area contributed by atoms with E-state index in [1.54, 1.807) is 32.0 Å². The van der Waals surface area contributed by atoms with Crippen molar-refractivity contribution in [3.8, 4) is 0 Å². The highest BCUT2D eigenvalue weighted by molar-refractivity contribution is 5.98.